The summed E-state index contributed by atoms with van der Waals surface area (Å²) in [6, 6.07) is 9.53. The van der Waals surface area contributed by atoms with Gasteiger partial charge in [-0.2, -0.15) is 15.0 Å². The van der Waals surface area contributed by atoms with E-state index in [2.05, 4.69) is 37.0 Å². The van der Waals surface area contributed by atoms with E-state index in [1.54, 1.807) is 6.08 Å². The predicted octanol–water partition coefficient (Wildman–Crippen LogP) is 2.17. The van der Waals surface area contributed by atoms with Gasteiger partial charge in [-0.05, 0) is 18.6 Å². The van der Waals surface area contributed by atoms with Gasteiger partial charge in [0, 0.05) is 18.2 Å². The van der Waals surface area contributed by atoms with Crippen molar-refractivity contribution in [3.8, 4) is 0 Å². The van der Waals surface area contributed by atoms with Gasteiger partial charge in [-0.25, -0.2) is 8.42 Å². The summed E-state index contributed by atoms with van der Waals surface area (Å²) in [6.45, 7) is 4.28. The first kappa shape index (κ1) is 21.2. The molecule has 162 valence electrons. The minimum atomic E-state index is -3.02. The lowest BCUT2D eigenvalue weighted by molar-refractivity contribution is 0.597. The standard InChI is InChI=1S/C19H22N8O2S2/c1-2-9-27-16(13-8-10-31(28,29)12-13)25-26-19(27)30-11-15-22-17(20)24-18(23-15)21-14-6-4-3-5-7-14/h2-7,13H,1,8-12H2,(H3,20,21,22,23,24). The molecule has 0 radical (unpaired) electrons. The number of benzene rings is 1. The lowest BCUT2D eigenvalue weighted by Crippen LogP contribution is -2.11. The molecule has 12 heteroatoms. The number of hydrogen-bond donors (Lipinski definition) is 2. The minimum absolute atomic E-state index is 0.103. The van der Waals surface area contributed by atoms with Gasteiger partial charge in [-0.3, -0.25) is 0 Å². The van der Waals surface area contributed by atoms with Crippen molar-refractivity contribution in [2.75, 3.05) is 22.6 Å². The van der Waals surface area contributed by atoms with E-state index >= 15 is 0 Å². The Balaban J connectivity index is 1.51. The van der Waals surface area contributed by atoms with E-state index < -0.39 is 9.84 Å². The Morgan fingerprint density at radius 2 is 2.03 bits per heavy atom. The van der Waals surface area contributed by atoms with Crippen LogP contribution in [0.3, 0.4) is 0 Å². The highest BCUT2D eigenvalue weighted by Crippen LogP contribution is 2.31. The van der Waals surface area contributed by atoms with E-state index in [1.165, 1.54) is 11.8 Å². The average Bonchev–Trinajstić information content (AvgIpc) is 3.29. The maximum absolute atomic E-state index is 11.9. The van der Waals surface area contributed by atoms with Crippen LogP contribution in [0.1, 0.15) is 24.0 Å². The smallest absolute Gasteiger partial charge is 0.232 e. The van der Waals surface area contributed by atoms with Crippen molar-refractivity contribution < 1.29 is 8.42 Å². The molecular weight excluding hydrogens is 436 g/mol. The molecule has 10 nitrogen and oxygen atoms in total. The van der Waals surface area contributed by atoms with Crippen LogP contribution in [0.15, 0.2) is 48.1 Å². The molecule has 1 aromatic carbocycles. The Morgan fingerprint density at radius 3 is 2.74 bits per heavy atom. The second-order valence-electron chi connectivity index (χ2n) is 7.05. The van der Waals surface area contributed by atoms with Crippen LogP contribution in [-0.4, -0.2) is 49.6 Å². The third kappa shape index (κ3) is 5.20. The number of nitrogens with zero attached hydrogens (tertiary/aromatic N) is 6. The van der Waals surface area contributed by atoms with Gasteiger partial charge in [0.15, 0.2) is 15.0 Å². The topological polar surface area (TPSA) is 142 Å². The first-order chi connectivity index (χ1) is 14.9. The van der Waals surface area contributed by atoms with Gasteiger partial charge in [-0.15, -0.1) is 16.8 Å². The molecule has 1 aliphatic rings. The lowest BCUT2D eigenvalue weighted by atomic mass is 10.1. The van der Waals surface area contributed by atoms with Crippen LogP contribution in [0.2, 0.25) is 0 Å². The second-order valence-corrected chi connectivity index (χ2v) is 10.2. The first-order valence-electron chi connectivity index (χ1n) is 9.63. The van der Waals surface area contributed by atoms with Crippen molar-refractivity contribution in [2.45, 2.75) is 29.8 Å². The van der Waals surface area contributed by atoms with E-state index in [4.69, 9.17) is 5.73 Å². The summed E-state index contributed by atoms with van der Waals surface area (Å²) in [5, 5.41) is 12.3. The van der Waals surface area contributed by atoms with Gasteiger partial charge in [0.25, 0.3) is 0 Å². The highest BCUT2D eigenvalue weighted by molar-refractivity contribution is 7.98. The molecule has 2 aromatic heterocycles. The first-order valence-corrected chi connectivity index (χ1v) is 12.4. The van der Waals surface area contributed by atoms with E-state index in [-0.39, 0.29) is 23.4 Å². The summed E-state index contributed by atoms with van der Waals surface area (Å²) in [4.78, 5) is 12.8. The number of aromatic nitrogens is 6. The van der Waals surface area contributed by atoms with Crippen LogP contribution in [0.25, 0.3) is 0 Å². The number of sulfone groups is 1. The number of para-hydroxylation sites is 1. The zero-order valence-electron chi connectivity index (χ0n) is 16.7. The van der Waals surface area contributed by atoms with Crippen LogP contribution in [0, 0.1) is 0 Å². The van der Waals surface area contributed by atoms with Crippen LogP contribution < -0.4 is 11.1 Å². The lowest BCUT2D eigenvalue weighted by Gasteiger charge is -2.11. The molecule has 1 atom stereocenters. The third-order valence-electron chi connectivity index (χ3n) is 4.71. The largest absolute Gasteiger partial charge is 0.368 e. The van der Waals surface area contributed by atoms with Crippen molar-refractivity contribution in [1.29, 1.82) is 0 Å². The predicted molar refractivity (Wildman–Crippen MR) is 120 cm³/mol. The van der Waals surface area contributed by atoms with Crippen LogP contribution in [0.4, 0.5) is 17.6 Å². The molecular formula is C19H22N8O2S2. The fraction of sp³-hybridized carbons (Fsp3) is 0.316. The van der Waals surface area contributed by atoms with E-state index in [0.29, 0.717) is 41.5 Å². The van der Waals surface area contributed by atoms with Crippen molar-refractivity contribution in [1.82, 2.24) is 29.7 Å². The number of anilines is 3. The zero-order chi connectivity index (χ0) is 21.8. The maximum atomic E-state index is 11.9. The fourth-order valence-electron chi connectivity index (χ4n) is 3.35. The molecule has 0 spiro atoms. The molecule has 1 fully saturated rings. The average molecular weight is 459 g/mol. The molecule has 3 N–H and O–H groups in total. The molecule has 0 saturated carbocycles. The Bertz CT molecular complexity index is 1180. The Kier molecular flexibility index (Phi) is 6.18. The van der Waals surface area contributed by atoms with Gasteiger partial charge in [0.1, 0.15) is 11.6 Å². The molecule has 31 heavy (non-hydrogen) atoms. The Hall–Kier alpha value is -2.99. The number of hydrogen-bond acceptors (Lipinski definition) is 10. The molecule has 3 aromatic rings. The highest BCUT2D eigenvalue weighted by Gasteiger charge is 2.33. The van der Waals surface area contributed by atoms with Gasteiger partial charge >= 0.3 is 0 Å². The monoisotopic (exact) mass is 458 g/mol. The summed E-state index contributed by atoms with van der Waals surface area (Å²) < 4.78 is 25.6. The number of allylic oxidation sites excluding steroid dienone is 1. The number of nitrogen functional groups attached to an aromatic ring is 1. The molecule has 0 aliphatic carbocycles. The number of thioether (sulfide) groups is 1. The van der Waals surface area contributed by atoms with Crippen LogP contribution >= 0.6 is 11.8 Å². The summed E-state index contributed by atoms with van der Waals surface area (Å²) >= 11 is 1.40. The van der Waals surface area contributed by atoms with Gasteiger partial charge in [-0.1, -0.05) is 36.0 Å². The van der Waals surface area contributed by atoms with Crippen molar-refractivity contribution in [3.63, 3.8) is 0 Å². The Labute approximate surface area is 184 Å². The molecule has 0 amide bonds. The highest BCUT2D eigenvalue weighted by atomic mass is 32.2. The van der Waals surface area contributed by atoms with Crippen LogP contribution in [-0.2, 0) is 22.1 Å². The van der Waals surface area contributed by atoms with Gasteiger partial charge in [0.2, 0.25) is 11.9 Å². The van der Waals surface area contributed by atoms with Gasteiger partial charge in [0.05, 0.1) is 17.3 Å². The maximum Gasteiger partial charge on any atom is 0.232 e. The number of nitrogens with two attached hydrogens (primary N) is 1. The third-order valence-corrected chi connectivity index (χ3v) is 7.44. The SMILES string of the molecule is C=CCn1c(SCc2nc(N)nc(Nc3ccccc3)n2)nnc1C1CCS(=O)(=O)C1. The summed E-state index contributed by atoms with van der Waals surface area (Å²) in [5.41, 5.74) is 6.70. The van der Waals surface area contributed by atoms with E-state index in [0.717, 1.165) is 5.69 Å². The molecule has 4 rings (SSSR count). The summed E-state index contributed by atoms with van der Waals surface area (Å²) in [5.74, 6) is 2.18. The van der Waals surface area contributed by atoms with Gasteiger partial charge < -0.3 is 15.6 Å². The molecule has 1 aliphatic heterocycles. The quantitative estimate of drug-likeness (QED) is 0.381. The number of rotatable bonds is 8. The van der Waals surface area contributed by atoms with Crippen molar-refractivity contribution >= 4 is 39.2 Å². The van der Waals surface area contributed by atoms with Crippen LogP contribution in [0.5, 0.6) is 0 Å². The molecule has 1 saturated heterocycles. The normalized spacial score (nSPS) is 17.5. The zero-order valence-corrected chi connectivity index (χ0v) is 18.3. The molecule has 0 bridgehead atoms. The Morgan fingerprint density at radius 1 is 1.23 bits per heavy atom. The summed E-state index contributed by atoms with van der Waals surface area (Å²) in [6.07, 6.45) is 2.30. The van der Waals surface area contributed by atoms with E-state index in [1.807, 2.05) is 34.9 Å². The molecule has 3 heterocycles. The second kappa shape index (κ2) is 9.02. The van der Waals surface area contributed by atoms with Crippen molar-refractivity contribution in [2.24, 2.45) is 0 Å². The minimum Gasteiger partial charge on any atom is -0.368 e. The molecule has 1 unspecified atom stereocenters. The van der Waals surface area contributed by atoms with Crippen molar-refractivity contribution in [3.05, 3.63) is 54.6 Å². The number of nitrogens with one attached hydrogen (secondary N) is 1. The van der Waals surface area contributed by atoms with E-state index in [9.17, 15) is 8.42 Å². The summed E-state index contributed by atoms with van der Waals surface area (Å²) in [7, 11) is -3.02. The fourth-order valence-corrected chi connectivity index (χ4v) is 5.90.